The van der Waals surface area contributed by atoms with Gasteiger partial charge < -0.3 is 15.5 Å². The number of hydrogen-bond donors (Lipinski definition) is 2. The zero-order chi connectivity index (χ0) is 18.1. The Labute approximate surface area is 149 Å². The Morgan fingerprint density at radius 1 is 1.32 bits per heavy atom. The smallest absolute Gasteiger partial charge is 0.242 e. The fraction of sp³-hybridized carbons (Fsp3) is 0.579. The molecule has 1 amide bonds. The molecule has 1 fully saturated rings. The number of rotatable bonds is 6. The van der Waals surface area contributed by atoms with E-state index in [1.165, 1.54) is 31.4 Å². The van der Waals surface area contributed by atoms with Crippen molar-refractivity contribution < 1.29 is 9.18 Å². The number of amides is 1. The average Bonchev–Trinajstić information content (AvgIpc) is 2.59. The lowest BCUT2D eigenvalue weighted by atomic mass is 9.95. The maximum Gasteiger partial charge on any atom is 0.242 e. The van der Waals surface area contributed by atoms with E-state index < -0.39 is 0 Å². The predicted octanol–water partition coefficient (Wildman–Crippen LogP) is 2.67. The quantitative estimate of drug-likeness (QED) is 0.614. The molecule has 0 heterocycles. The first-order chi connectivity index (χ1) is 12.1. The molecule has 1 aromatic rings. The van der Waals surface area contributed by atoms with E-state index in [4.69, 9.17) is 0 Å². The van der Waals surface area contributed by atoms with Crippen LogP contribution >= 0.6 is 0 Å². The van der Waals surface area contributed by atoms with Gasteiger partial charge >= 0.3 is 0 Å². The fourth-order valence-corrected chi connectivity index (χ4v) is 3.12. The Balaban J connectivity index is 1.90. The van der Waals surface area contributed by atoms with E-state index in [-0.39, 0.29) is 18.3 Å². The van der Waals surface area contributed by atoms with Crippen LogP contribution in [0.5, 0.6) is 0 Å². The monoisotopic (exact) mass is 348 g/mol. The summed E-state index contributed by atoms with van der Waals surface area (Å²) in [5.41, 5.74) is 0.861. The molecule has 2 N–H and O–H groups in total. The van der Waals surface area contributed by atoms with Crippen molar-refractivity contribution in [3.8, 4) is 0 Å². The Kier molecular flexibility index (Phi) is 7.70. The van der Waals surface area contributed by atoms with Gasteiger partial charge in [-0.25, -0.2) is 9.38 Å². The predicted molar refractivity (Wildman–Crippen MR) is 98.9 cm³/mol. The molecular weight excluding hydrogens is 319 g/mol. The third kappa shape index (κ3) is 6.72. The Bertz CT molecular complexity index is 585. The molecule has 1 aromatic carbocycles. The molecule has 6 heteroatoms. The lowest BCUT2D eigenvalue weighted by molar-refractivity contribution is -0.120. The van der Waals surface area contributed by atoms with E-state index >= 15 is 0 Å². The topological polar surface area (TPSA) is 56.7 Å². The molecule has 0 radical (unpaired) electrons. The second kappa shape index (κ2) is 10.0. The highest BCUT2D eigenvalue weighted by Gasteiger charge is 2.15. The minimum absolute atomic E-state index is 0.0403. The fourth-order valence-electron chi connectivity index (χ4n) is 3.12. The summed E-state index contributed by atoms with van der Waals surface area (Å²) in [5.74, 6) is 0.353. The van der Waals surface area contributed by atoms with E-state index in [1.54, 1.807) is 6.07 Å². The normalized spacial score (nSPS) is 15.7. The van der Waals surface area contributed by atoms with Crippen molar-refractivity contribution >= 4 is 11.9 Å². The van der Waals surface area contributed by atoms with Crippen LogP contribution in [0.25, 0.3) is 0 Å². The second-order valence-corrected chi connectivity index (χ2v) is 6.56. The number of nitrogens with one attached hydrogen (secondary N) is 2. The van der Waals surface area contributed by atoms with Crippen LogP contribution in [-0.4, -0.2) is 42.9 Å². The van der Waals surface area contributed by atoms with Crippen molar-refractivity contribution in [2.75, 3.05) is 20.1 Å². The molecule has 5 nitrogen and oxygen atoms in total. The summed E-state index contributed by atoms with van der Waals surface area (Å²) in [7, 11) is 1.88. The summed E-state index contributed by atoms with van der Waals surface area (Å²) >= 11 is 0. The van der Waals surface area contributed by atoms with Crippen LogP contribution in [0.2, 0.25) is 0 Å². The van der Waals surface area contributed by atoms with Crippen LogP contribution < -0.4 is 10.6 Å². The van der Waals surface area contributed by atoms with Crippen molar-refractivity contribution in [2.45, 2.75) is 51.6 Å². The first-order valence-electron chi connectivity index (χ1n) is 9.11. The van der Waals surface area contributed by atoms with E-state index in [2.05, 4.69) is 15.6 Å². The summed E-state index contributed by atoms with van der Waals surface area (Å²) in [6.07, 6.45) is 5.77. The zero-order valence-corrected chi connectivity index (χ0v) is 15.2. The molecule has 0 aromatic heterocycles. The SMILES string of the molecule is CCNC(=NCC(=O)NC1CCCCC1)N(C)Cc1cccc(F)c1. The zero-order valence-electron chi connectivity index (χ0n) is 15.2. The number of guanidine groups is 1. The summed E-state index contributed by atoms with van der Waals surface area (Å²) in [6, 6.07) is 6.80. The van der Waals surface area contributed by atoms with Gasteiger partial charge in [0.1, 0.15) is 12.4 Å². The van der Waals surface area contributed by atoms with E-state index in [9.17, 15) is 9.18 Å². The van der Waals surface area contributed by atoms with Crippen LogP contribution in [-0.2, 0) is 11.3 Å². The van der Waals surface area contributed by atoms with Gasteiger partial charge in [0.05, 0.1) is 0 Å². The van der Waals surface area contributed by atoms with Crippen molar-refractivity contribution in [3.63, 3.8) is 0 Å². The van der Waals surface area contributed by atoms with Crippen LogP contribution in [0.3, 0.4) is 0 Å². The third-order valence-corrected chi connectivity index (χ3v) is 4.35. The van der Waals surface area contributed by atoms with E-state index in [0.717, 1.165) is 18.4 Å². The van der Waals surface area contributed by atoms with Crippen molar-refractivity contribution in [1.82, 2.24) is 15.5 Å². The molecule has 1 aliphatic carbocycles. The first kappa shape index (κ1) is 19.2. The Morgan fingerprint density at radius 3 is 2.76 bits per heavy atom. The molecule has 1 aliphatic rings. The molecule has 0 aliphatic heterocycles. The van der Waals surface area contributed by atoms with Gasteiger partial charge in [-0.15, -0.1) is 0 Å². The minimum atomic E-state index is -0.250. The number of halogens is 1. The highest BCUT2D eigenvalue weighted by atomic mass is 19.1. The lowest BCUT2D eigenvalue weighted by Gasteiger charge is -2.23. The summed E-state index contributed by atoms with van der Waals surface area (Å²) in [5, 5.41) is 6.25. The van der Waals surface area contributed by atoms with Crippen LogP contribution in [0.15, 0.2) is 29.3 Å². The third-order valence-electron chi connectivity index (χ3n) is 4.35. The van der Waals surface area contributed by atoms with Gasteiger partial charge in [-0.05, 0) is 37.5 Å². The lowest BCUT2D eigenvalue weighted by Crippen LogP contribution is -2.41. The molecule has 0 bridgehead atoms. The molecular formula is C19H29FN4O. The Morgan fingerprint density at radius 2 is 2.08 bits per heavy atom. The molecule has 0 saturated heterocycles. The molecule has 138 valence electrons. The molecule has 0 atom stereocenters. The van der Waals surface area contributed by atoms with Crippen molar-refractivity contribution in [3.05, 3.63) is 35.6 Å². The van der Waals surface area contributed by atoms with Gasteiger partial charge in [0.2, 0.25) is 5.91 Å². The first-order valence-corrected chi connectivity index (χ1v) is 9.11. The highest BCUT2D eigenvalue weighted by Crippen LogP contribution is 2.17. The number of carbonyl (C=O) groups excluding carboxylic acids is 1. The van der Waals surface area contributed by atoms with Gasteiger partial charge in [0.15, 0.2) is 5.96 Å². The van der Waals surface area contributed by atoms with E-state index in [1.807, 2.05) is 24.9 Å². The van der Waals surface area contributed by atoms with Crippen LogP contribution in [0.1, 0.15) is 44.6 Å². The van der Waals surface area contributed by atoms with Crippen molar-refractivity contribution in [2.24, 2.45) is 4.99 Å². The van der Waals surface area contributed by atoms with Gasteiger partial charge in [-0.3, -0.25) is 4.79 Å². The van der Waals surface area contributed by atoms with Crippen LogP contribution in [0, 0.1) is 5.82 Å². The second-order valence-electron chi connectivity index (χ2n) is 6.56. The highest BCUT2D eigenvalue weighted by molar-refractivity contribution is 5.85. The maximum atomic E-state index is 13.3. The molecule has 25 heavy (non-hydrogen) atoms. The van der Waals surface area contributed by atoms with Gasteiger partial charge in [0, 0.05) is 26.2 Å². The number of hydrogen-bond acceptors (Lipinski definition) is 2. The maximum absolute atomic E-state index is 13.3. The summed E-state index contributed by atoms with van der Waals surface area (Å²) in [6.45, 7) is 3.31. The van der Waals surface area contributed by atoms with Gasteiger partial charge in [0.25, 0.3) is 0 Å². The summed E-state index contributed by atoms with van der Waals surface area (Å²) in [4.78, 5) is 18.4. The van der Waals surface area contributed by atoms with Gasteiger partial charge in [-0.2, -0.15) is 0 Å². The summed E-state index contributed by atoms with van der Waals surface area (Å²) < 4.78 is 13.3. The largest absolute Gasteiger partial charge is 0.357 e. The minimum Gasteiger partial charge on any atom is -0.357 e. The van der Waals surface area contributed by atoms with Crippen molar-refractivity contribution in [1.29, 1.82) is 0 Å². The molecule has 0 unspecified atom stereocenters. The molecule has 2 rings (SSSR count). The number of nitrogens with zero attached hydrogens (tertiary/aromatic N) is 2. The average molecular weight is 348 g/mol. The number of aliphatic imine (C=N–C) groups is 1. The number of benzene rings is 1. The molecule has 0 spiro atoms. The molecule has 1 saturated carbocycles. The Hall–Kier alpha value is -2.11. The standard InChI is InChI=1S/C19H29FN4O/c1-3-21-19(24(2)14-15-8-7-9-16(20)12-15)22-13-18(25)23-17-10-5-4-6-11-17/h7-9,12,17H,3-6,10-11,13-14H2,1-2H3,(H,21,22)(H,23,25). The van der Waals surface area contributed by atoms with Gasteiger partial charge in [-0.1, -0.05) is 31.4 Å². The van der Waals surface area contributed by atoms with Crippen LogP contribution in [0.4, 0.5) is 4.39 Å². The van der Waals surface area contributed by atoms with E-state index in [0.29, 0.717) is 25.1 Å². The number of carbonyl (C=O) groups is 1.